The quantitative estimate of drug-likeness (QED) is 0.822. The van der Waals surface area contributed by atoms with Gasteiger partial charge in [-0.3, -0.25) is 0 Å². The van der Waals surface area contributed by atoms with Crippen molar-refractivity contribution in [2.75, 3.05) is 0 Å². The predicted molar refractivity (Wildman–Crippen MR) is 84.5 cm³/mol. The van der Waals surface area contributed by atoms with Crippen molar-refractivity contribution in [3.8, 4) is 0 Å². The van der Waals surface area contributed by atoms with Crippen molar-refractivity contribution in [3.63, 3.8) is 0 Å². The number of hydrogen-bond acceptors (Lipinski definition) is 2. The van der Waals surface area contributed by atoms with Crippen LogP contribution in [-0.4, -0.2) is 0 Å². The first-order valence-corrected chi connectivity index (χ1v) is 7.69. The summed E-state index contributed by atoms with van der Waals surface area (Å²) in [7, 11) is 0. The van der Waals surface area contributed by atoms with Gasteiger partial charge in [0.15, 0.2) is 0 Å². The molecule has 0 saturated carbocycles. The van der Waals surface area contributed by atoms with Crippen molar-refractivity contribution < 1.29 is 4.39 Å². The van der Waals surface area contributed by atoms with Crippen LogP contribution in [0.25, 0.3) is 0 Å². The highest BCUT2D eigenvalue weighted by atomic mass is 32.2. The third-order valence-corrected chi connectivity index (χ3v) is 4.28. The molecule has 0 aromatic heterocycles. The summed E-state index contributed by atoms with van der Waals surface area (Å²) in [6.07, 6.45) is 0. The molecule has 0 aliphatic rings. The fraction of sp³-hybridized carbons (Fsp3) is 0.294. The third kappa shape index (κ3) is 3.84. The molecule has 2 aromatic rings. The van der Waals surface area contributed by atoms with Crippen LogP contribution in [0.5, 0.6) is 0 Å². The van der Waals surface area contributed by atoms with Crippen molar-refractivity contribution >= 4 is 11.8 Å². The second kappa shape index (κ2) is 6.42. The first-order chi connectivity index (χ1) is 9.45. The lowest BCUT2D eigenvalue weighted by Gasteiger charge is -2.09. The molecule has 2 N–H and O–H groups in total. The maximum Gasteiger partial charge on any atom is 0.137 e. The molecule has 1 nitrogen and oxygen atoms in total. The fourth-order valence-electron chi connectivity index (χ4n) is 2.23. The Labute approximate surface area is 124 Å². The number of thioether (sulfide) groups is 1. The molecule has 0 bridgehead atoms. The van der Waals surface area contributed by atoms with Gasteiger partial charge in [-0.05, 0) is 44.0 Å². The Morgan fingerprint density at radius 1 is 1.10 bits per heavy atom. The summed E-state index contributed by atoms with van der Waals surface area (Å²) in [5, 5.41) is 0. The van der Waals surface area contributed by atoms with Crippen LogP contribution in [0.1, 0.15) is 35.2 Å². The van der Waals surface area contributed by atoms with Crippen LogP contribution >= 0.6 is 11.8 Å². The number of nitrogens with two attached hydrogens (primary N) is 1. The van der Waals surface area contributed by atoms with Gasteiger partial charge in [-0.2, -0.15) is 0 Å². The van der Waals surface area contributed by atoms with E-state index in [9.17, 15) is 4.39 Å². The molecule has 0 saturated heterocycles. The Morgan fingerprint density at radius 3 is 2.30 bits per heavy atom. The van der Waals surface area contributed by atoms with Crippen LogP contribution < -0.4 is 5.73 Å². The fourth-order valence-corrected chi connectivity index (χ4v) is 3.08. The molecule has 2 rings (SSSR count). The lowest BCUT2D eigenvalue weighted by Crippen LogP contribution is -2.05. The minimum absolute atomic E-state index is 0.136. The van der Waals surface area contributed by atoms with Gasteiger partial charge < -0.3 is 5.73 Å². The molecular formula is C17H20FNS. The average Bonchev–Trinajstić information content (AvgIpc) is 2.36. The van der Waals surface area contributed by atoms with Crippen molar-refractivity contribution in [3.05, 3.63) is 64.5 Å². The minimum atomic E-state index is -0.186. The summed E-state index contributed by atoms with van der Waals surface area (Å²) < 4.78 is 14.0. The topological polar surface area (TPSA) is 26.0 Å². The molecule has 0 heterocycles. The van der Waals surface area contributed by atoms with E-state index < -0.39 is 0 Å². The largest absolute Gasteiger partial charge is 0.324 e. The highest BCUT2D eigenvalue weighted by Crippen LogP contribution is 2.28. The van der Waals surface area contributed by atoms with Crippen molar-refractivity contribution in [2.45, 2.75) is 37.5 Å². The van der Waals surface area contributed by atoms with Crippen molar-refractivity contribution in [1.29, 1.82) is 0 Å². The van der Waals surface area contributed by atoms with Gasteiger partial charge in [0.2, 0.25) is 0 Å². The molecule has 0 fully saturated rings. The van der Waals surface area contributed by atoms with E-state index in [1.54, 1.807) is 0 Å². The summed E-state index contributed by atoms with van der Waals surface area (Å²) >= 11 is 1.52. The zero-order valence-electron chi connectivity index (χ0n) is 12.1. The Kier molecular flexibility index (Phi) is 4.84. The van der Waals surface area contributed by atoms with E-state index in [4.69, 9.17) is 5.73 Å². The van der Waals surface area contributed by atoms with Gasteiger partial charge in [0.05, 0.1) is 0 Å². The molecule has 1 unspecified atom stereocenters. The van der Waals surface area contributed by atoms with E-state index in [-0.39, 0.29) is 11.9 Å². The van der Waals surface area contributed by atoms with Gasteiger partial charge in [-0.25, -0.2) is 4.39 Å². The average molecular weight is 289 g/mol. The zero-order chi connectivity index (χ0) is 14.7. The maximum absolute atomic E-state index is 14.0. The lowest BCUT2D eigenvalue weighted by molar-refractivity contribution is 0.596. The van der Waals surface area contributed by atoms with Crippen LogP contribution in [0.4, 0.5) is 4.39 Å². The maximum atomic E-state index is 14.0. The number of rotatable bonds is 4. The van der Waals surface area contributed by atoms with E-state index in [1.807, 2.05) is 19.1 Å². The van der Waals surface area contributed by atoms with Crippen molar-refractivity contribution in [2.24, 2.45) is 5.73 Å². The molecule has 0 amide bonds. The second-order valence-corrected chi connectivity index (χ2v) is 6.28. The number of halogens is 1. The number of aryl methyl sites for hydroxylation is 2. The smallest absolute Gasteiger partial charge is 0.137 e. The standard InChI is InChI=1S/C17H20FNS/c1-11-6-12(2)8-14(7-11)10-20-17-5-4-15(13(3)19)9-16(17)18/h4-9,13H,10,19H2,1-3H3. The van der Waals surface area contributed by atoms with Gasteiger partial charge in [0.25, 0.3) is 0 Å². The highest BCUT2D eigenvalue weighted by molar-refractivity contribution is 7.98. The Balaban J connectivity index is 2.11. The van der Waals surface area contributed by atoms with E-state index in [1.165, 1.54) is 34.5 Å². The SMILES string of the molecule is Cc1cc(C)cc(CSc2ccc(C(C)N)cc2F)c1. The Bertz CT molecular complexity index is 588. The summed E-state index contributed by atoms with van der Waals surface area (Å²) in [6.45, 7) is 6.02. The highest BCUT2D eigenvalue weighted by Gasteiger charge is 2.07. The third-order valence-electron chi connectivity index (χ3n) is 3.16. The number of hydrogen-bond donors (Lipinski definition) is 1. The summed E-state index contributed by atoms with van der Waals surface area (Å²) in [6, 6.07) is 11.6. The van der Waals surface area contributed by atoms with E-state index in [2.05, 4.69) is 32.0 Å². The van der Waals surface area contributed by atoms with Crippen LogP contribution in [-0.2, 0) is 5.75 Å². The van der Waals surface area contributed by atoms with Gasteiger partial charge in [-0.15, -0.1) is 11.8 Å². The molecule has 0 aliphatic carbocycles. The normalized spacial score (nSPS) is 12.4. The van der Waals surface area contributed by atoms with E-state index in [0.717, 1.165) is 11.3 Å². The lowest BCUT2D eigenvalue weighted by atomic mass is 10.1. The van der Waals surface area contributed by atoms with Crippen molar-refractivity contribution in [1.82, 2.24) is 0 Å². The summed E-state index contributed by atoms with van der Waals surface area (Å²) in [4.78, 5) is 0.675. The molecule has 0 radical (unpaired) electrons. The van der Waals surface area contributed by atoms with Crippen LogP contribution in [0, 0.1) is 19.7 Å². The molecular weight excluding hydrogens is 269 g/mol. The van der Waals surface area contributed by atoms with Crippen LogP contribution in [0.2, 0.25) is 0 Å². The first-order valence-electron chi connectivity index (χ1n) is 6.70. The molecule has 1 atom stereocenters. The van der Waals surface area contributed by atoms with Gasteiger partial charge in [0.1, 0.15) is 5.82 Å². The van der Waals surface area contributed by atoms with Gasteiger partial charge in [-0.1, -0.05) is 35.4 Å². The minimum Gasteiger partial charge on any atom is -0.324 e. The zero-order valence-corrected chi connectivity index (χ0v) is 12.9. The van der Waals surface area contributed by atoms with Crippen LogP contribution in [0.15, 0.2) is 41.3 Å². The van der Waals surface area contributed by atoms with Gasteiger partial charge in [0, 0.05) is 16.7 Å². The number of benzene rings is 2. The van der Waals surface area contributed by atoms with Crippen LogP contribution in [0.3, 0.4) is 0 Å². The Morgan fingerprint density at radius 2 is 1.75 bits per heavy atom. The predicted octanol–water partition coefficient (Wildman–Crippen LogP) is 4.75. The molecule has 3 heteroatoms. The molecule has 2 aromatic carbocycles. The summed E-state index contributed by atoms with van der Waals surface area (Å²) in [5.74, 6) is 0.589. The Hall–Kier alpha value is -1.32. The molecule has 20 heavy (non-hydrogen) atoms. The van der Waals surface area contributed by atoms with Gasteiger partial charge >= 0.3 is 0 Å². The second-order valence-electron chi connectivity index (χ2n) is 5.26. The summed E-state index contributed by atoms with van der Waals surface area (Å²) in [5.41, 5.74) is 10.3. The monoisotopic (exact) mass is 289 g/mol. The molecule has 106 valence electrons. The first kappa shape index (κ1) is 15.1. The molecule has 0 spiro atoms. The van der Waals surface area contributed by atoms with E-state index >= 15 is 0 Å². The molecule has 0 aliphatic heterocycles. The van der Waals surface area contributed by atoms with E-state index in [0.29, 0.717) is 4.90 Å².